The lowest BCUT2D eigenvalue weighted by atomic mass is 10.0. The van der Waals surface area contributed by atoms with Crippen LogP contribution in [0.1, 0.15) is 39.7 Å². The molecule has 0 aliphatic carbocycles. The molecule has 1 aliphatic heterocycles. The lowest BCUT2D eigenvalue weighted by Gasteiger charge is -2.10. The van der Waals surface area contributed by atoms with Crippen LogP contribution >= 0.6 is 11.3 Å². The van der Waals surface area contributed by atoms with Crippen LogP contribution in [-0.2, 0) is 33.8 Å². The van der Waals surface area contributed by atoms with Crippen molar-refractivity contribution >= 4 is 32.9 Å². The number of fused-ring (bicyclic) bond motifs is 1. The van der Waals surface area contributed by atoms with Crippen LogP contribution in [-0.4, -0.2) is 25.1 Å². The summed E-state index contributed by atoms with van der Waals surface area (Å²) in [6.45, 7) is 2.64. The summed E-state index contributed by atoms with van der Waals surface area (Å²) in [5.41, 5.74) is 0.457. The molecule has 0 unspecified atom stereocenters. The molecule has 0 saturated carbocycles. The Morgan fingerprint density at radius 1 is 1.28 bits per heavy atom. The van der Waals surface area contributed by atoms with Gasteiger partial charge < -0.3 is 5.32 Å². The number of amides is 1. The summed E-state index contributed by atoms with van der Waals surface area (Å²) in [4.78, 5) is 28.0. The van der Waals surface area contributed by atoms with Gasteiger partial charge >= 0.3 is 6.18 Å². The summed E-state index contributed by atoms with van der Waals surface area (Å²) < 4.78 is 63.1. The molecular formula is C18H15F3N2O4S2. The second kappa shape index (κ2) is 7.38. The molecule has 6 nitrogen and oxygen atoms in total. The van der Waals surface area contributed by atoms with Crippen LogP contribution in [0.2, 0.25) is 0 Å². The number of Topliss-reactive ketones (excluding diaryl/α,β-unsaturated/α-hetero) is 1. The van der Waals surface area contributed by atoms with Gasteiger partial charge in [0, 0.05) is 28.6 Å². The summed E-state index contributed by atoms with van der Waals surface area (Å²) in [6.07, 6.45) is -3.68. The van der Waals surface area contributed by atoms with Crippen molar-refractivity contribution in [1.29, 1.82) is 0 Å². The average Bonchev–Trinajstić information content (AvgIpc) is 3.12. The summed E-state index contributed by atoms with van der Waals surface area (Å²) in [7, 11) is -3.83. The van der Waals surface area contributed by atoms with Crippen molar-refractivity contribution in [3.8, 4) is 0 Å². The fraction of sp³-hybridized carbons (Fsp3) is 0.278. The van der Waals surface area contributed by atoms with Gasteiger partial charge in [-0.1, -0.05) is 0 Å². The fourth-order valence-corrected chi connectivity index (χ4v) is 5.07. The molecule has 0 atom stereocenters. The third-order valence-corrected chi connectivity index (χ3v) is 7.66. The molecule has 0 saturated heterocycles. The molecule has 0 radical (unpaired) electrons. The maximum atomic E-state index is 12.6. The Kier molecular flexibility index (Phi) is 5.39. The molecule has 2 heterocycles. The predicted molar refractivity (Wildman–Crippen MR) is 99.0 cm³/mol. The number of carbonyl (C=O) groups is 2. The number of halogens is 3. The van der Waals surface area contributed by atoms with Gasteiger partial charge in [0.05, 0.1) is 16.3 Å². The Labute approximate surface area is 168 Å². The molecule has 154 valence electrons. The smallest absolute Gasteiger partial charge is 0.347 e. The lowest BCUT2D eigenvalue weighted by Crippen LogP contribution is -2.22. The molecule has 0 bridgehead atoms. The van der Waals surface area contributed by atoms with Gasteiger partial charge in [-0.25, -0.2) is 13.4 Å². The van der Waals surface area contributed by atoms with Gasteiger partial charge in [0.1, 0.15) is 0 Å². The molecule has 1 N–H and O–H groups in total. The minimum absolute atomic E-state index is 0.0240. The lowest BCUT2D eigenvalue weighted by molar-refractivity contribution is -0.137. The third kappa shape index (κ3) is 4.10. The normalized spacial score (nSPS) is 16.4. The highest BCUT2D eigenvalue weighted by Gasteiger charge is 2.34. The molecule has 29 heavy (non-hydrogen) atoms. The fourth-order valence-electron chi connectivity index (χ4n) is 2.78. The van der Waals surface area contributed by atoms with E-state index in [1.165, 1.54) is 32.0 Å². The number of thiazole rings is 1. The molecule has 3 rings (SSSR count). The largest absolute Gasteiger partial charge is 0.443 e. The maximum Gasteiger partial charge on any atom is 0.443 e. The van der Waals surface area contributed by atoms with Crippen molar-refractivity contribution < 1.29 is 31.2 Å². The Balaban J connectivity index is 1.82. The van der Waals surface area contributed by atoms with E-state index in [1.807, 2.05) is 0 Å². The first-order valence-electron chi connectivity index (χ1n) is 8.30. The van der Waals surface area contributed by atoms with Crippen molar-refractivity contribution in [3.63, 3.8) is 0 Å². The van der Waals surface area contributed by atoms with E-state index in [0.717, 1.165) is 6.20 Å². The SMILES string of the molecule is CC1=C(C)S(=O)(=O)c2ccc(C(=O)NCc3cnc(C(F)(F)F)s3)cc2CC1=O. The summed E-state index contributed by atoms with van der Waals surface area (Å²) in [5.74, 6) is -0.961. The van der Waals surface area contributed by atoms with E-state index < -0.39 is 26.9 Å². The number of allylic oxidation sites excluding steroid dienone is 2. The first-order chi connectivity index (χ1) is 13.4. The van der Waals surface area contributed by atoms with Crippen LogP contribution in [0.5, 0.6) is 0 Å². The second-order valence-corrected chi connectivity index (χ2v) is 9.59. The number of nitrogens with zero attached hydrogens (tertiary/aromatic N) is 1. The van der Waals surface area contributed by atoms with Crippen molar-refractivity contribution in [2.24, 2.45) is 0 Å². The van der Waals surface area contributed by atoms with Crippen LogP contribution < -0.4 is 5.32 Å². The highest BCUT2D eigenvalue weighted by molar-refractivity contribution is 7.95. The second-order valence-electron chi connectivity index (χ2n) is 6.42. The molecule has 0 fully saturated rings. The van der Waals surface area contributed by atoms with Crippen LogP contribution in [0.15, 0.2) is 39.8 Å². The van der Waals surface area contributed by atoms with Crippen molar-refractivity contribution in [2.45, 2.75) is 37.9 Å². The standard InChI is InChI=1S/C18H15F3N2O4S2/c1-9-10(2)29(26,27)15-4-3-11(5-12(15)6-14(9)24)16(25)22-7-13-8-23-17(28-13)18(19,20)21/h3-5,8H,6-7H2,1-2H3,(H,22,25). The third-order valence-electron chi connectivity index (χ3n) is 4.53. The summed E-state index contributed by atoms with van der Waals surface area (Å²) in [5, 5.41) is 1.47. The molecule has 1 aromatic heterocycles. The van der Waals surface area contributed by atoms with Crippen LogP contribution in [0.4, 0.5) is 13.2 Å². The first kappa shape index (κ1) is 21.2. The quantitative estimate of drug-likeness (QED) is 0.784. The van der Waals surface area contributed by atoms with E-state index in [0.29, 0.717) is 11.3 Å². The number of hydrogen-bond donors (Lipinski definition) is 1. The molecular weight excluding hydrogens is 429 g/mol. The Bertz CT molecular complexity index is 1150. The van der Waals surface area contributed by atoms with Crippen LogP contribution in [0.3, 0.4) is 0 Å². The number of benzene rings is 1. The van der Waals surface area contributed by atoms with Gasteiger partial charge in [0.2, 0.25) is 9.84 Å². The Hall–Kier alpha value is -2.53. The van der Waals surface area contributed by atoms with E-state index in [2.05, 4.69) is 10.3 Å². The number of nitrogens with one attached hydrogen (secondary N) is 1. The first-order valence-corrected chi connectivity index (χ1v) is 10.6. The predicted octanol–water partition coefficient (Wildman–Crippen LogP) is 3.28. The van der Waals surface area contributed by atoms with E-state index in [4.69, 9.17) is 0 Å². The topological polar surface area (TPSA) is 93.2 Å². The zero-order chi connectivity index (χ0) is 21.6. The highest BCUT2D eigenvalue weighted by Crippen LogP contribution is 2.33. The molecule has 2 aromatic rings. The van der Waals surface area contributed by atoms with Gasteiger partial charge in [-0.05, 0) is 37.6 Å². The van der Waals surface area contributed by atoms with Gasteiger partial charge in [-0.2, -0.15) is 13.2 Å². The molecule has 1 aliphatic rings. The number of rotatable bonds is 3. The minimum atomic E-state index is -4.55. The minimum Gasteiger partial charge on any atom is -0.347 e. The molecule has 11 heteroatoms. The number of ketones is 1. The summed E-state index contributed by atoms with van der Waals surface area (Å²) >= 11 is 0.423. The van der Waals surface area contributed by atoms with Gasteiger partial charge in [0.25, 0.3) is 5.91 Å². The number of hydrogen-bond acceptors (Lipinski definition) is 6. The van der Waals surface area contributed by atoms with E-state index in [-0.39, 0.29) is 50.1 Å². The summed E-state index contributed by atoms with van der Waals surface area (Å²) in [6, 6.07) is 3.89. The average molecular weight is 444 g/mol. The van der Waals surface area contributed by atoms with Gasteiger partial charge in [-0.15, -0.1) is 11.3 Å². The maximum absolute atomic E-state index is 12.6. The van der Waals surface area contributed by atoms with Gasteiger partial charge in [-0.3, -0.25) is 9.59 Å². The van der Waals surface area contributed by atoms with Crippen LogP contribution in [0, 0.1) is 0 Å². The number of aromatic nitrogens is 1. The monoisotopic (exact) mass is 444 g/mol. The number of carbonyl (C=O) groups excluding carboxylic acids is 2. The Morgan fingerprint density at radius 3 is 2.59 bits per heavy atom. The number of alkyl halides is 3. The number of sulfone groups is 1. The Morgan fingerprint density at radius 2 is 1.97 bits per heavy atom. The van der Waals surface area contributed by atoms with Crippen LogP contribution in [0.25, 0.3) is 0 Å². The zero-order valence-corrected chi connectivity index (χ0v) is 16.9. The molecule has 1 amide bonds. The van der Waals surface area contributed by atoms with Crippen molar-refractivity contribution in [3.05, 3.63) is 55.9 Å². The zero-order valence-electron chi connectivity index (χ0n) is 15.3. The molecule has 0 spiro atoms. The van der Waals surface area contributed by atoms with E-state index >= 15 is 0 Å². The van der Waals surface area contributed by atoms with Crippen molar-refractivity contribution in [1.82, 2.24) is 10.3 Å². The van der Waals surface area contributed by atoms with Gasteiger partial charge in [0.15, 0.2) is 10.8 Å². The molecule has 1 aromatic carbocycles. The highest BCUT2D eigenvalue weighted by atomic mass is 32.2. The van der Waals surface area contributed by atoms with E-state index in [9.17, 15) is 31.2 Å². The van der Waals surface area contributed by atoms with Crippen molar-refractivity contribution in [2.75, 3.05) is 0 Å². The van der Waals surface area contributed by atoms with E-state index in [1.54, 1.807) is 0 Å².